The number of halogens is 1. The maximum Gasteiger partial charge on any atom is 0.119 e. The predicted molar refractivity (Wildman–Crippen MR) is 87.1 cm³/mol. The molecule has 0 atom stereocenters. The van der Waals surface area contributed by atoms with Crippen molar-refractivity contribution in [3.63, 3.8) is 0 Å². The van der Waals surface area contributed by atoms with E-state index in [9.17, 15) is 0 Å². The van der Waals surface area contributed by atoms with Crippen LogP contribution < -0.4 is 10.1 Å². The molecule has 0 aliphatic rings. The van der Waals surface area contributed by atoms with Crippen molar-refractivity contribution >= 4 is 17.3 Å². The van der Waals surface area contributed by atoms with Gasteiger partial charge in [0, 0.05) is 6.54 Å². The molecule has 114 valence electrons. The van der Waals surface area contributed by atoms with E-state index in [1.807, 2.05) is 30.3 Å². The topological polar surface area (TPSA) is 65.3 Å². The summed E-state index contributed by atoms with van der Waals surface area (Å²) in [5, 5.41) is 21.5. The van der Waals surface area contributed by atoms with E-state index in [0.717, 1.165) is 22.6 Å². The number of aliphatic hydroxyl groups excluding tert-OH is 1. The zero-order valence-electron chi connectivity index (χ0n) is 12.1. The second-order valence-corrected chi connectivity index (χ2v) is 5.13. The Hall–Kier alpha value is -2.22. The molecule has 0 spiro atoms. The summed E-state index contributed by atoms with van der Waals surface area (Å²) in [6.07, 6.45) is 0.404. The van der Waals surface area contributed by atoms with Crippen molar-refractivity contribution in [1.82, 2.24) is 0 Å². The normalized spacial score (nSPS) is 10.0. The molecule has 2 aromatic carbocycles. The lowest BCUT2D eigenvalue weighted by Crippen LogP contribution is -2.12. The van der Waals surface area contributed by atoms with Crippen molar-refractivity contribution in [3.8, 4) is 11.8 Å². The van der Waals surface area contributed by atoms with E-state index < -0.39 is 0 Å². The Morgan fingerprint density at radius 2 is 1.86 bits per heavy atom. The zero-order valence-corrected chi connectivity index (χ0v) is 12.8. The monoisotopic (exact) mass is 316 g/mol. The smallest absolute Gasteiger partial charge is 0.119 e. The number of nitrogens with one attached hydrogen (secondary N) is 1. The molecule has 0 aliphatic carbocycles. The van der Waals surface area contributed by atoms with E-state index in [-0.39, 0.29) is 6.61 Å². The summed E-state index contributed by atoms with van der Waals surface area (Å²) in [6.45, 7) is 1.06. The molecule has 0 saturated carbocycles. The standard InChI is InChI=1S/C17H17ClN2O2/c18-16-6-3-14(12-21)11-17(16)20-9-10-22-15-4-1-13(2-5-15)7-8-19/h1-6,11,20-21H,7,9-10,12H2. The number of hydrogen-bond donors (Lipinski definition) is 2. The minimum atomic E-state index is -0.0165. The van der Waals surface area contributed by atoms with Crippen LogP contribution in [0.2, 0.25) is 5.02 Å². The molecular weight excluding hydrogens is 300 g/mol. The van der Waals surface area contributed by atoms with Crippen molar-refractivity contribution < 1.29 is 9.84 Å². The number of rotatable bonds is 7. The lowest BCUT2D eigenvalue weighted by molar-refractivity contribution is 0.282. The maximum absolute atomic E-state index is 9.12. The van der Waals surface area contributed by atoms with Crippen molar-refractivity contribution in [3.05, 3.63) is 58.6 Å². The highest BCUT2D eigenvalue weighted by Gasteiger charge is 2.01. The highest BCUT2D eigenvalue weighted by atomic mass is 35.5. The van der Waals surface area contributed by atoms with Gasteiger partial charge in [-0.25, -0.2) is 0 Å². The molecule has 22 heavy (non-hydrogen) atoms. The summed E-state index contributed by atoms with van der Waals surface area (Å²) in [7, 11) is 0. The lowest BCUT2D eigenvalue weighted by atomic mass is 10.2. The van der Waals surface area contributed by atoms with Crippen LogP contribution in [0.25, 0.3) is 0 Å². The zero-order chi connectivity index (χ0) is 15.8. The number of anilines is 1. The summed E-state index contributed by atoms with van der Waals surface area (Å²) in [5.41, 5.74) is 2.56. The molecule has 0 radical (unpaired) electrons. The first-order valence-electron chi connectivity index (χ1n) is 6.95. The molecule has 0 aromatic heterocycles. The summed E-state index contributed by atoms with van der Waals surface area (Å²) in [5.74, 6) is 0.763. The number of aliphatic hydroxyl groups is 1. The molecule has 2 rings (SSSR count). The summed E-state index contributed by atoms with van der Waals surface area (Å²) < 4.78 is 5.62. The fourth-order valence-corrected chi connectivity index (χ4v) is 2.14. The van der Waals surface area contributed by atoms with Gasteiger partial charge >= 0.3 is 0 Å². The Morgan fingerprint density at radius 3 is 2.55 bits per heavy atom. The average molecular weight is 317 g/mol. The van der Waals surface area contributed by atoms with E-state index in [0.29, 0.717) is 24.6 Å². The molecule has 0 unspecified atom stereocenters. The third kappa shape index (κ3) is 4.66. The lowest BCUT2D eigenvalue weighted by Gasteiger charge is -2.11. The van der Waals surface area contributed by atoms with Crippen molar-refractivity contribution in [2.24, 2.45) is 0 Å². The number of ether oxygens (including phenoxy) is 1. The van der Waals surface area contributed by atoms with Gasteiger partial charge in [0.2, 0.25) is 0 Å². The number of hydrogen-bond acceptors (Lipinski definition) is 4. The third-order valence-electron chi connectivity index (χ3n) is 3.11. The second kappa shape index (κ2) is 8.28. The Morgan fingerprint density at radius 1 is 1.14 bits per heavy atom. The van der Waals surface area contributed by atoms with Gasteiger partial charge in [-0.1, -0.05) is 29.8 Å². The van der Waals surface area contributed by atoms with Gasteiger partial charge in [-0.05, 0) is 35.4 Å². The Bertz CT molecular complexity index is 651. The summed E-state index contributed by atoms with van der Waals surface area (Å²) in [6, 6.07) is 14.9. The van der Waals surface area contributed by atoms with Crippen LogP contribution >= 0.6 is 11.6 Å². The quantitative estimate of drug-likeness (QED) is 0.768. The van der Waals surface area contributed by atoms with Crippen molar-refractivity contribution in [2.45, 2.75) is 13.0 Å². The first kappa shape index (κ1) is 16.2. The van der Waals surface area contributed by atoms with Crippen LogP contribution in [0.5, 0.6) is 5.75 Å². The van der Waals surface area contributed by atoms with E-state index in [1.165, 1.54) is 0 Å². The maximum atomic E-state index is 9.12. The van der Waals surface area contributed by atoms with Crippen LogP contribution in [-0.4, -0.2) is 18.3 Å². The SMILES string of the molecule is N#CCc1ccc(OCCNc2cc(CO)ccc2Cl)cc1. The van der Waals surface area contributed by atoms with Gasteiger partial charge in [-0.2, -0.15) is 5.26 Å². The van der Waals surface area contributed by atoms with E-state index in [4.69, 9.17) is 26.7 Å². The summed E-state index contributed by atoms with van der Waals surface area (Å²) >= 11 is 6.08. The predicted octanol–water partition coefficient (Wildman–Crippen LogP) is 3.39. The van der Waals surface area contributed by atoms with Gasteiger partial charge in [0.05, 0.1) is 29.8 Å². The number of nitrogens with zero attached hydrogens (tertiary/aromatic N) is 1. The van der Waals surface area contributed by atoms with Crippen LogP contribution in [0, 0.1) is 11.3 Å². The number of benzene rings is 2. The Balaban J connectivity index is 1.81. The fourth-order valence-electron chi connectivity index (χ4n) is 1.96. The molecule has 0 fully saturated rings. The molecule has 4 nitrogen and oxygen atoms in total. The second-order valence-electron chi connectivity index (χ2n) is 4.73. The van der Waals surface area contributed by atoms with Crippen LogP contribution in [0.3, 0.4) is 0 Å². The largest absolute Gasteiger partial charge is 0.492 e. The molecule has 0 bridgehead atoms. The van der Waals surface area contributed by atoms with Gasteiger partial charge in [-0.15, -0.1) is 0 Å². The highest BCUT2D eigenvalue weighted by molar-refractivity contribution is 6.33. The molecule has 0 amide bonds. The van der Waals surface area contributed by atoms with Gasteiger partial charge < -0.3 is 15.2 Å². The molecule has 2 aromatic rings. The first-order chi connectivity index (χ1) is 10.7. The number of nitriles is 1. The van der Waals surface area contributed by atoms with Crippen LogP contribution in [-0.2, 0) is 13.0 Å². The van der Waals surface area contributed by atoms with Crippen molar-refractivity contribution in [2.75, 3.05) is 18.5 Å². The van der Waals surface area contributed by atoms with E-state index in [2.05, 4.69) is 11.4 Å². The third-order valence-corrected chi connectivity index (χ3v) is 3.44. The minimum Gasteiger partial charge on any atom is -0.492 e. The Kier molecular flexibility index (Phi) is 6.08. The van der Waals surface area contributed by atoms with Gasteiger partial charge in [0.1, 0.15) is 12.4 Å². The van der Waals surface area contributed by atoms with Crippen LogP contribution in [0.4, 0.5) is 5.69 Å². The minimum absolute atomic E-state index is 0.0165. The van der Waals surface area contributed by atoms with Crippen LogP contribution in [0.1, 0.15) is 11.1 Å². The van der Waals surface area contributed by atoms with Crippen LogP contribution in [0.15, 0.2) is 42.5 Å². The van der Waals surface area contributed by atoms with Crippen molar-refractivity contribution in [1.29, 1.82) is 5.26 Å². The van der Waals surface area contributed by atoms with E-state index in [1.54, 1.807) is 12.1 Å². The van der Waals surface area contributed by atoms with Gasteiger partial charge in [0.15, 0.2) is 0 Å². The van der Waals surface area contributed by atoms with Gasteiger partial charge in [0.25, 0.3) is 0 Å². The van der Waals surface area contributed by atoms with E-state index >= 15 is 0 Å². The molecule has 2 N–H and O–H groups in total. The Labute approximate surface area is 134 Å². The molecule has 0 saturated heterocycles. The summed E-state index contributed by atoms with van der Waals surface area (Å²) in [4.78, 5) is 0. The fraction of sp³-hybridized carbons (Fsp3) is 0.235. The molecule has 5 heteroatoms. The van der Waals surface area contributed by atoms with Gasteiger partial charge in [-0.3, -0.25) is 0 Å². The average Bonchev–Trinajstić information content (AvgIpc) is 2.55. The highest BCUT2D eigenvalue weighted by Crippen LogP contribution is 2.22. The molecule has 0 aliphatic heterocycles. The molecular formula is C17H17ClN2O2. The molecule has 0 heterocycles. The first-order valence-corrected chi connectivity index (χ1v) is 7.32.